The minimum atomic E-state index is -0.923. The number of carbonyl (C=O) groups is 1. The number of carboxylic acid groups (broad SMARTS) is 1. The van der Waals surface area contributed by atoms with E-state index in [0.29, 0.717) is 0 Å². The van der Waals surface area contributed by atoms with Crippen LogP contribution in [0.15, 0.2) is 42.6 Å². The third-order valence-electron chi connectivity index (χ3n) is 2.33. The van der Waals surface area contributed by atoms with Gasteiger partial charge in [0.25, 0.3) is 0 Å². The Labute approximate surface area is 98.9 Å². The number of aromatic carboxylic acids is 1. The average molecular weight is 228 g/mol. The van der Waals surface area contributed by atoms with Gasteiger partial charge in [0.15, 0.2) is 0 Å². The van der Waals surface area contributed by atoms with Gasteiger partial charge in [0.1, 0.15) is 0 Å². The van der Waals surface area contributed by atoms with Gasteiger partial charge in [-0.1, -0.05) is 0 Å². The van der Waals surface area contributed by atoms with Crippen molar-refractivity contribution in [1.82, 2.24) is 4.98 Å². The van der Waals surface area contributed by atoms with Crippen LogP contribution in [-0.2, 0) is 0 Å². The maximum absolute atomic E-state index is 10.7. The molecule has 2 N–H and O–H groups in total. The second kappa shape index (κ2) is 4.65. The van der Waals surface area contributed by atoms with Crippen LogP contribution in [0.5, 0.6) is 0 Å². The summed E-state index contributed by atoms with van der Waals surface area (Å²) >= 11 is 0. The number of nitrogens with one attached hydrogen (secondary N) is 1. The van der Waals surface area contributed by atoms with E-state index in [9.17, 15) is 4.79 Å². The Morgan fingerprint density at radius 2 is 1.76 bits per heavy atom. The van der Waals surface area contributed by atoms with E-state index in [0.717, 1.165) is 17.1 Å². The summed E-state index contributed by atoms with van der Waals surface area (Å²) in [6.45, 7) is 1.92. The van der Waals surface area contributed by atoms with Crippen molar-refractivity contribution in [3.05, 3.63) is 53.9 Å². The molecule has 2 rings (SSSR count). The number of pyridine rings is 1. The lowest BCUT2D eigenvalue weighted by Crippen LogP contribution is -1.96. The summed E-state index contributed by atoms with van der Waals surface area (Å²) in [4.78, 5) is 14.8. The molecule has 0 radical (unpaired) electrons. The fraction of sp³-hybridized carbons (Fsp3) is 0.0769. The highest BCUT2D eigenvalue weighted by molar-refractivity contribution is 5.88. The maximum atomic E-state index is 10.7. The average Bonchev–Trinajstić information content (AvgIpc) is 2.33. The van der Waals surface area contributed by atoms with Gasteiger partial charge in [-0.3, -0.25) is 4.98 Å². The molecule has 0 atom stereocenters. The molecule has 0 saturated carbocycles. The second-order valence-corrected chi connectivity index (χ2v) is 3.70. The quantitative estimate of drug-likeness (QED) is 0.847. The number of anilines is 2. The molecule has 86 valence electrons. The number of rotatable bonds is 3. The van der Waals surface area contributed by atoms with Crippen molar-refractivity contribution in [3.63, 3.8) is 0 Å². The van der Waals surface area contributed by atoms with Gasteiger partial charge in [-0.05, 0) is 43.3 Å². The van der Waals surface area contributed by atoms with E-state index >= 15 is 0 Å². The molecule has 0 aliphatic carbocycles. The van der Waals surface area contributed by atoms with Gasteiger partial charge in [0.2, 0.25) is 0 Å². The number of aromatic nitrogens is 1. The van der Waals surface area contributed by atoms with Crippen molar-refractivity contribution in [2.24, 2.45) is 0 Å². The van der Waals surface area contributed by atoms with Gasteiger partial charge >= 0.3 is 5.97 Å². The van der Waals surface area contributed by atoms with E-state index in [1.54, 1.807) is 30.5 Å². The zero-order chi connectivity index (χ0) is 12.3. The van der Waals surface area contributed by atoms with Crippen molar-refractivity contribution >= 4 is 17.3 Å². The zero-order valence-electron chi connectivity index (χ0n) is 9.34. The monoisotopic (exact) mass is 228 g/mol. The topological polar surface area (TPSA) is 62.2 Å². The van der Waals surface area contributed by atoms with E-state index in [2.05, 4.69) is 10.3 Å². The van der Waals surface area contributed by atoms with Crippen molar-refractivity contribution in [3.8, 4) is 0 Å². The molecular weight excluding hydrogens is 216 g/mol. The van der Waals surface area contributed by atoms with Crippen LogP contribution >= 0.6 is 0 Å². The Bertz CT molecular complexity index is 518. The molecule has 0 bridgehead atoms. The summed E-state index contributed by atoms with van der Waals surface area (Å²) in [5.74, 6) is -0.923. The number of carboxylic acids is 1. The predicted octanol–water partition coefficient (Wildman–Crippen LogP) is 2.83. The van der Waals surface area contributed by atoms with Gasteiger partial charge in [-0.2, -0.15) is 0 Å². The molecule has 1 aromatic carbocycles. The van der Waals surface area contributed by atoms with E-state index in [-0.39, 0.29) is 5.56 Å². The molecule has 2 aromatic rings. The normalized spacial score (nSPS) is 9.94. The minimum absolute atomic E-state index is 0.276. The van der Waals surface area contributed by atoms with E-state index < -0.39 is 5.97 Å². The molecule has 17 heavy (non-hydrogen) atoms. The first-order valence-electron chi connectivity index (χ1n) is 5.18. The first-order valence-corrected chi connectivity index (χ1v) is 5.18. The first kappa shape index (κ1) is 11.1. The maximum Gasteiger partial charge on any atom is 0.335 e. The van der Waals surface area contributed by atoms with Crippen molar-refractivity contribution in [2.45, 2.75) is 6.92 Å². The Morgan fingerprint density at radius 1 is 1.12 bits per heavy atom. The highest BCUT2D eigenvalue weighted by Gasteiger charge is 2.01. The molecule has 0 spiro atoms. The summed E-state index contributed by atoms with van der Waals surface area (Å²) in [7, 11) is 0. The van der Waals surface area contributed by atoms with E-state index in [4.69, 9.17) is 5.11 Å². The Morgan fingerprint density at radius 3 is 2.29 bits per heavy atom. The molecule has 1 heterocycles. The molecule has 4 heteroatoms. The Hall–Kier alpha value is -2.36. The van der Waals surface area contributed by atoms with Crippen LogP contribution in [0.3, 0.4) is 0 Å². The lowest BCUT2D eigenvalue weighted by atomic mass is 10.2. The summed E-state index contributed by atoms with van der Waals surface area (Å²) in [5, 5.41) is 11.9. The van der Waals surface area contributed by atoms with Crippen LogP contribution in [0.25, 0.3) is 0 Å². The standard InChI is InChI=1S/C13H12N2O2/c1-9-2-5-12(8-14-9)15-11-6-3-10(4-7-11)13(16)17/h2-8,15H,1H3,(H,16,17). The summed E-state index contributed by atoms with van der Waals surface area (Å²) in [6.07, 6.45) is 1.74. The van der Waals surface area contributed by atoms with Gasteiger partial charge in [-0.25, -0.2) is 4.79 Å². The number of nitrogens with zero attached hydrogens (tertiary/aromatic N) is 1. The lowest BCUT2D eigenvalue weighted by molar-refractivity contribution is 0.0697. The smallest absolute Gasteiger partial charge is 0.335 e. The highest BCUT2D eigenvalue weighted by Crippen LogP contribution is 2.16. The number of aryl methyl sites for hydroxylation is 1. The van der Waals surface area contributed by atoms with Gasteiger partial charge in [0.05, 0.1) is 17.4 Å². The minimum Gasteiger partial charge on any atom is -0.478 e. The fourth-order valence-electron chi connectivity index (χ4n) is 1.40. The molecule has 0 amide bonds. The van der Waals surface area contributed by atoms with Gasteiger partial charge in [-0.15, -0.1) is 0 Å². The number of benzene rings is 1. The molecule has 0 fully saturated rings. The summed E-state index contributed by atoms with van der Waals surface area (Å²) in [5.41, 5.74) is 2.94. The van der Waals surface area contributed by atoms with Gasteiger partial charge in [0, 0.05) is 11.4 Å². The van der Waals surface area contributed by atoms with Crippen LogP contribution in [0, 0.1) is 6.92 Å². The number of hydrogen-bond donors (Lipinski definition) is 2. The lowest BCUT2D eigenvalue weighted by Gasteiger charge is -2.06. The zero-order valence-corrected chi connectivity index (χ0v) is 9.34. The van der Waals surface area contributed by atoms with E-state index in [1.165, 1.54) is 0 Å². The van der Waals surface area contributed by atoms with Crippen LogP contribution in [0.1, 0.15) is 16.1 Å². The predicted molar refractivity (Wildman–Crippen MR) is 65.7 cm³/mol. The van der Waals surface area contributed by atoms with Crippen molar-refractivity contribution < 1.29 is 9.90 Å². The second-order valence-electron chi connectivity index (χ2n) is 3.70. The molecule has 0 unspecified atom stereocenters. The molecule has 1 aromatic heterocycles. The largest absolute Gasteiger partial charge is 0.478 e. The fourth-order valence-corrected chi connectivity index (χ4v) is 1.40. The summed E-state index contributed by atoms with van der Waals surface area (Å²) < 4.78 is 0. The van der Waals surface area contributed by atoms with E-state index in [1.807, 2.05) is 19.1 Å². The third kappa shape index (κ3) is 2.81. The Kier molecular flexibility index (Phi) is 3.05. The highest BCUT2D eigenvalue weighted by atomic mass is 16.4. The van der Waals surface area contributed by atoms with Crippen LogP contribution in [-0.4, -0.2) is 16.1 Å². The molecule has 0 aliphatic heterocycles. The van der Waals surface area contributed by atoms with Crippen molar-refractivity contribution in [2.75, 3.05) is 5.32 Å². The molecule has 4 nitrogen and oxygen atoms in total. The van der Waals surface area contributed by atoms with Crippen LogP contribution in [0.4, 0.5) is 11.4 Å². The van der Waals surface area contributed by atoms with Crippen molar-refractivity contribution in [1.29, 1.82) is 0 Å². The molecule has 0 saturated heterocycles. The van der Waals surface area contributed by atoms with Crippen LogP contribution in [0.2, 0.25) is 0 Å². The van der Waals surface area contributed by atoms with Crippen LogP contribution < -0.4 is 5.32 Å². The number of hydrogen-bond acceptors (Lipinski definition) is 3. The Balaban J connectivity index is 2.13. The molecule has 0 aliphatic rings. The van der Waals surface area contributed by atoms with Gasteiger partial charge < -0.3 is 10.4 Å². The third-order valence-corrected chi connectivity index (χ3v) is 2.33. The summed E-state index contributed by atoms with van der Waals surface area (Å²) in [6, 6.07) is 10.4. The molecular formula is C13H12N2O2. The first-order chi connectivity index (χ1) is 8.15. The SMILES string of the molecule is Cc1ccc(Nc2ccc(C(=O)O)cc2)cn1.